The Morgan fingerprint density at radius 1 is 1.14 bits per heavy atom. The number of fused-ring (bicyclic) bond motifs is 1. The molecular formula is C21H22ClNO5S. The van der Waals surface area contributed by atoms with E-state index in [1.54, 1.807) is 42.5 Å². The highest BCUT2D eigenvalue weighted by atomic mass is 35.5. The molecule has 2 aromatic rings. The Kier molecular flexibility index (Phi) is 5.31. The first-order valence-electron chi connectivity index (χ1n) is 9.58. The minimum atomic E-state index is -3.61. The molecule has 4 rings (SSSR count). The van der Waals surface area contributed by atoms with E-state index in [1.807, 2.05) is 6.92 Å². The zero-order valence-corrected chi connectivity index (χ0v) is 17.6. The van der Waals surface area contributed by atoms with E-state index in [9.17, 15) is 13.2 Å². The van der Waals surface area contributed by atoms with Crippen molar-refractivity contribution in [3.05, 3.63) is 53.1 Å². The van der Waals surface area contributed by atoms with Gasteiger partial charge in [0, 0.05) is 31.0 Å². The average Bonchev–Trinajstić information content (AvgIpc) is 2.70. The molecule has 0 aromatic heterocycles. The Labute approximate surface area is 175 Å². The van der Waals surface area contributed by atoms with Crippen LogP contribution >= 0.6 is 11.6 Å². The molecule has 0 atom stereocenters. The summed E-state index contributed by atoms with van der Waals surface area (Å²) in [4.78, 5) is 12.8. The molecule has 8 heteroatoms. The summed E-state index contributed by atoms with van der Waals surface area (Å²) in [6.45, 7) is 2.99. The van der Waals surface area contributed by atoms with Crippen LogP contribution in [0.25, 0.3) is 0 Å². The normalized spacial score (nSPS) is 18.9. The lowest BCUT2D eigenvalue weighted by Gasteiger charge is -2.43. The Hall–Kier alpha value is -2.09. The summed E-state index contributed by atoms with van der Waals surface area (Å²) in [7, 11) is -3.61. The second-order valence-electron chi connectivity index (χ2n) is 7.33. The first-order valence-corrected chi connectivity index (χ1v) is 11.4. The Bertz CT molecular complexity index is 1030. The van der Waals surface area contributed by atoms with Crippen molar-refractivity contribution >= 4 is 27.4 Å². The van der Waals surface area contributed by atoms with Gasteiger partial charge in [0.05, 0.1) is 23.5 Å². The van der Waals surface area contributed by atoms with Crippen LogP contribution in [0.4, 0.5) is 0 Å². The zero-order chi connectivity index (χ0) is 20.6. The maximum atomic E-state index is 13.0. The Morgan fingerprint density at radius 2 is 1.83 bits per heavy atom. The van der Waals surface area contributed by atoms with Crippen LogP contribution in [-0.2, 0) is 10.0 Å². The maximum absolute atomic E-state index is 13.0. The van der Waals surface area contributed by atoms with Crippen LogP contribution in [0.1, 0.15) is 36.5 Å². The highest BCUT2D eigenvalue weighted by Gasteiger charge is 2.45. The van der Waals surface area contributed by atoms with E-state index in [1.165, 1.54) is 4.31 Å². The van der Waals surface area contributed by atoms with Crippen LogP contribution in [0.15, 0.2) is 47.4 Å². The highest BCUT2D eigenvalue weighted by Crippen LogP contribution is 2.41. The number of carbonyl (C=O) groups excluding carboxylic acids is 1. The molecule has 1 spiro atoms. The summed E-state index contributed by atoms with van der Waals surface area (Å²) < 4.78 is 39.0. The van der Waals surface area contributed by atoms with Crippen molar-refractivity contribution < 1.29 is 22.7 Å². The molecule has 0 radical (unpaired) electrons. The van der Waals surface area contributed by atoms with Crippen molar-refractivity contribution in [2.24, 2.45) is 0 Å². The van der Waals surface area contributed by atoms with Crippen molar-refractivity contribution in [1.29, 1.82) is 0 Å². The van der Waals surface area contributed by atoms with Gasteiger partial charge in [0.15, 0.2) is 5.78 Å². The molecule has 2 aliphatic rings. The molecule has 1 fully saturated rings. The highest BCUT2D eigenvalue weighted by molar-refractivity contribution is 7.89. The van der Waals surface area contributed by atoms with Gasteiger partial charge in [-0.05, 0) is 49.4 Å². The van der Waals surface area contributed by atoms with E-state index in [0.29, 0.717) is 54.6 Å². The van der Waals surface area contributed by atoms with Crippen LogP contribution < -0.4 is 9.47 Å². The fourth-order valence-corrected chi connectivity index (χ4v) is 5.52. The topological polar surface area (TPSA) is 72.9 Å². The van der Waals surface area contributed by atoms with Crippen LogP contribution in [-0.4, -0.2) is 43.8 Å². The molecule has 0 saturated carbocycles. The molecule has 2 aliphatic heterocycles. The molecule has 0 unspecified atom stereocenters. The SMILES string of the molecule is CCOc1ccc(S(=O)(=O)N2CCC3(CC2)CC(=O)c2cc(Cl)ccc2O3)cc1. The number of ether oxygens (including phenoxy) is 2. The molecule has 6 nitrogen and oxygen atoms in total. The fourth-order valence-electron chi connectivity index (χ4n) is 3.90. The summed E-state index contributed by atoms with van der Waals surface area (Å²) in [5, 5.41) is 0.493. The Morgan fingerprint density at radius 3 is 2.48 bits per heavy atom. The van der Waals surface area contributed by atoms with E-state index in [0.717, 1.165) is 0 Å². The number of ketones is 1. The molecule has 154 valence electrons. The van der Waals surface area contributed by atoms with Crippen LogP contribution in [0.5, 0.6) is 11.5 Å². The quantitative estimate of drug-likeness (QED) is 0.727. The molecule has 0 amide bonds. The summed E-state index contributed by atoms with van der Waals surface area (Å²) in [6.07, 6.45) is 1.14. The van der Waals surface area contributed by atoms with Crippen LogP contribution in [0.2, 0.25) is 5.02 Å². The number of carbonyl (C=O) groups is 1. The molecular weight excluding hydrogens is 414 g/mol. The van der Waals surface area contributed by atoms with E-state index in [2.05, 4.69) is 0 Å². The largest absolute Gasteiger partial charge is 0.494 e. The van der Waals surface area contributed by atoms with E-state index in [-0.39, 0.29) is 17.1 Å². The van der Waals surface area contributed by atoms with Gasteiger partial charge in [0.2, 0.25) is 10.0 Å². The second kappa shape index (κ2) is 7.63. The van der Waals surface area contributed by atoms with Crippen molar-refractivity contribution in [2.75, 3.05) is 19.7 Å². The van der Waals surface area contributed by atoms with Crippen molar-refractivity contribution in [2.45, 2.75) is 36.7 Å². The third-order valence-electron chi connectivity index (χ3n) is 5.46. The van der Waals surface area contributed by atoms with Gasteiger partial charge in [-0.15, -0.1) is 0 Å². The standard InChI is InChI=1S/C21H22ClNO5S/c1-2-27-16-4-6-17(7-5-16)29(25,26)23-11-9-21(10-12-23)14-19(24)18-13-15(22)3-8-20(18)28-21/h3-8,13H,2,9-12,14H2,1H3. The van der Waals surface area contributed by atoms with E-state index < -0.39 is 15.6 Å². The zero-order valence-electron chi connectivity index (χ0n) is 16.1. The molecule has 2 heterocycles. The fraction of sp³-hybridized carbons (Fsp3) is 0.381. The minimum Gasteiger partial charge on any atom is -0.494 e. The van der Waals surface area contributed by atoms with E-state index in [4.69, 9.17) is 21.1 Å². The van der Waals surface area contributed by atoms with Crippen molar-refractivity contribution in [3.63, 3.8) is 0 Å². The molecule has 29 heavy (non-hydrogen) atoms. The lowest BCUT2D eigenvalue weighted by Crippen LogP contribution is -2.52. The maximum Gasteiger partial charge on any atom is 0.243 e. The molecule has 0 N–H and O–H groups in total. The van der Waals surface area contributed by atoms with Crippen molar-refractivity contribution in [1.82, 2.24) is 4.31 Å². The third kappa shape index (κ3) is 3.86. The van der Waals surface area contributed by atoms with Gasteiger partial charge in [-0.3, -0.25) is 4.79 Å². The Balaban J connectivity index is 1.49. The van der Waals surface area contributed by atoms with Gasteiger partial charge in [-0.2, -0.15) is 4.31 Å². The number of Topliss-reactive ketones (excluding diaryl/α,β-unsaturated/α-hetero) is 1. The lowest BCUT2D eigenvalue weighted by molar-refractivity contribution is 0.00591. The van der Waals surface area contributed by atoms with Gasteiger partial charge in [0.1, 0.15) is 17.1 Å². The number of benzene rings is 2. The number of sulfonamides is 1. The first-order chi connectivity index (χ1) is 13.8. The summed E-state index contributed by atoms with van der Waals surface area (Å²) in [5.74, 6) is 1.14. The number of hydrogen-bond acceptors (Lipinski definition) is 5. The van der Waals surface area contributed by atoms with Crippen LogP contribution in [0.3, 0.4) is 0 Å². The average molecular weight is 436 g/mol. The van der Waals surface area contributed by atoms with Crippen LogP contribution in [0, 0.1) is 0 Å². The smallest absolute Gasteiger partial charge is 0.243 e. The number of nitrogens with zero attached hydrogens (tertiary/aromatic N) is 1. The number of piperidine rings is 1. The van der Waals surface area contributed by atoms with Gasteiger partial charge >= 0.3 is 0 Å². The van der Waals surface area contributed by atoms with Gasteiger partial charge in [0.25, 0.3) is 0 Å². The summed E-state index contributed by atoms with van der Waals surface area (Å²) in [6, 6.07) is 11.5. The third-order valence-corrected chi connectivity index (χ3v) is 7.61. The number of rotatable bonds is 4. The van der Waals surface area contributed by atoms with Crippen molar-refractivity contribution in [3.8, 4) is 11.5 Å². The predicted octanol–water partition coefficient (Wildman–Crippen LogP) is 3.93. The van der Waals surface area contributed by atoms with Gasteiger partial charge in [-0.1, -0.05) is 11.6 Å². The number of hydrogen-bond donors (Lipinski definition) is 0. The minimum absolute atomic E-state index is 0.0171. The second-order valence-corrected chi connectivity index (χ2v) is 9.71. The number of halogens is 1. The molecule has 0 bridgehead atoms. The first kappa shape index (κ1) is 20.2. The molecule has 2 aromatic carbocycles. The molecule has 0 aliphatic carbocycles. The lowest BCUT2D eigenvalue weighted by atomic mass is 9.83. The molecule has 1 saturated heterocycles. The van der Waals surface area contributed by atoms with Gasteiger partial charge < -0.3 is 9.47 Å². The monoisotopic (exact) mass is 435 g/mol. The predicted molar refractivity (Wildman–Crippen MR) is 109 cm³/mol. The summed E-state index contributed by atoms with van der Waals surface area (Å²) in [5.41, 5.74) is -0.171. The van der Waals surface area contributed by atoms with Gasteiger partial charge in [-0.25, -0.2) is 8.42 Å². The van der Waals surface area contributed by atoms with E-state index >= 15 is 0 Å². The summed E-state index contributed by atoms with van der Waals surface area (Å²) >= 11 is 5.99.